The van der Waals surface area contributed by atoms with Crippen molar-refractivity contribution >= 4 is 17.5 Å². The van der Waals surface area contributed by atoms with Crippen molar-refractivity contribution in [1.29, 1.82) is 0 Å². The minimum atomic E-state index is -0.427. The summed E-state index contributed by atoms with van der Waals surface area (Å²) in [6, 6.07) is 8.60. The Balaban J connectivity index is 1.49. The van der Waals surface area contributed by atoms with Crippen LogP contribution >= 0.6 is 0 Å². The van der Waals surface area contributed by atoms with Crippen LogP contribution in [0.5, 0.6) is 11.5 Å². The van der Waals surface area contributed by atoms with Crippen molar-refractivity contribution in [2.45, 2.75) is 26.3 Å². The van der Waals surface area contributed by atoms with Crippen LogP contribution in [0.3, 0.4) is 0 Å². The van der Waals surface area contributed by atoms with Crippen molar-refractivity contribution in [2.75, 3.05) is 32.2 Å². The van der Waals surface area contributed by atoms with Gasteiger partial charge in [0.1, 0.15) is 5.82 Å². The molecule has 2 aliphatic heterocycles. The standard InChI is InChI=1S/C23H25FN2O4/c1-14-4-5-18(11-19(14)24)26-13-17(10-22(26)27)23(28)25-7-6-15-8-20(29-2)21(30-3)9-16(15)12-25/h4-5,8-9,11,17H,6-7,10,12-13H2,1-3H3/t17-/m0/s1. The maximum absolute atomic E-state index is 13.9. The molecule has 0 radical (unpaired) electrons. The number of benzene rings is 2. The Kier molecular flexibility index (Phi) is 5.37. The van der Waals surface area contributed by atoms with E-state index in [0.29, 0.717) is 35.8 Å². The number of rotatable bonds is 4. The Labute approximate surface area is 175 Å². The molecule has 2 amide bonds. The molecule has 158 valence electrons. The molecule has 4 rings (SSSR count). The van der Waals surface area contributed by atoms with E-state index in [-0.39, 0.29) is 30.6 Å². The summed E-state index contributed by atoms with van der Waals surface area (Å²) in [5.41, 5.74) is 3.18. The number of aryl methyl sites for hydroxylation is 1. The first-order chi connectivity index (χ1) is 14.4. The van der Waals surface area contributed by atoms with Gasteiger partial charge in [-0.15, -0.1) is 0 Å². The number of fused-ring (bicyclic) bond motifs is 1. The van der Waals surface area contributed by atoms with E-state index >= 15 is 0 Å². The third kappa shape index (κ3) is 3.60. The lowest BCUT2D eigenvalue weighted by Crippen LogP contribution is -2.40. The minimum Gasteiger partial charge on any atom is -0.493 e. The molecule has 6 nitrogen and oxygen atoms in total. The van der Waals surface area contributed by atoms with Crippen LogP contribution in [-0.4, -0.2) is 44.0 Å². The highest BCUT2D eigenvalue weighted by Gasteiger charge is 2.38. The zero-order valence-corrected chi connectivity index (χ0v) is 17.4. The molecule has 7 heteroatoms. The fourth-order valence-corrected chi connectivity index (χ4v) is 4.20. The van der Waals surface area contributed by atoms with E-state index in [4.69, 9.17) is 9.47 Å². The zero-order valence-electron chi connectivity index (χ0n) is 17.4. The third-order valence-corrected chi connectivity index (χ3v) is 5.97. The normalized spacial score (nSPS) is 18.4. The van der Waals surface area contributed by atoms with Gasteiger partial charge in [0, 0.05) is 31.7 Å². The average Bonchev–Trinajstić information content (AvgIpc) is 3.15. The number of hydrogen-bond acceptors (Lipinski definition) is 4. The third-order valence-electron chi connectivity index (χ3n) is 5.97. The Morgan fingerprint density at radius 3 is 2.47 bits per heavy atom. The molecule has 30 heavy (non-hydrogen) atoms. The molecule has 1 fully saturated rings. The fourth-order valence-electron chi connectivity index (χ4n) is 4.20. The van der Waals surface area contributed by atoms with Gasteiger partial charge in [0.15, 0.2) is 11.5 Å². The van der Waals surface area contributed by atoms with Gasteiger partial charge in [0.2, 0.25) is 11.8 Å². The van der Waals surface area contributed by atoms with E-state index < -0.39 is 5.92 Å². The van der Waals surface area contributed by atoms with Crippen molar-refractivity contribution in [3.63, 3.8) is 0 Å². The molecule has 0 saturated carbocycles. The summed E-state index contributed by atoms with van der Waals surface area (Å²) in [7, 11) is 3.19. The summed E-state index contributed by atoms with van der Waals surface area (Å²) in [5, 5.41) is 0. The minimum absolute atomic E-state index is 0.0427. The van der Waals surface area contributed by atoms with Crippen molar-refractivity contribution in [2.24, 2.45) is 5.92 Å². The fraction of sp³-hybridized carbons (Fsp3) is 0.391. The Morgan fingerprint density at radius 2 is 1.80 bits per heavy atom. The number of halogens is 1. The van der Waals surface area contributed by atoms with E-state index in [9.17, 15) is 14.0 Å². The highest BCUT2D eigenvalue weighted by atomic mass is 19.1. The molecule has 1 atom stereocenters. The number of amides is 2. The van der Waals surface area contributed by atoms with E-state index in [2.05, 4.69) is 0 Å². The van der Waals surface area contributed by atoms with E-state index in [1.807, 2.05) is 12.1 Å². The predicted octanol–water partition coefficient (Wildman–Crippen LogP) is 3.09. The molecule has 0 aliphatic carbocycles. The van der Waals surface area contributed by atoms with E-state index in [1.54, 1.807) is 38.2 Å². The van der Waals surface area contributed by atoms with Crippen LogP contribution < -0.4 is 14.4 Å². The predicted molar refractivity (Wildman–Crippen MR) is 110 cm³/mol. The number of ether oxygens (including phenoxy) is 2. The maximum atomic E-state index is 13.9. The summed E-state index contributed by atoms with van der Waals surface area (Å²) in [5.74, 6) is 0.336. The lowest BCUT2D eigenvalue weighted by Gasteiger charge is -2.31. The Hall–Kier alpha value is -3.09. The van der Waals surface area contributed by atoms with Crippen LogP contribution in [0, 0.1) is 18.7 Å². The summed E-state index contributed by atoms with van der Waals surface area (Å²) in [6.07, 6.45) is 0.860. The molecular weight excluding hydrogens is 387 g/mol. The summed E-state index contributed by atoms with van der Waals surface area (Å²) >= 11 is 0. The number of methoxy groups -OCH3 is 2. The average molecular weight is 412 g/mol. The quantitative estimate of drug-likeness (QED) is 0.775. The van der Waals surface area contributed by atoms with Crippen molar-refractivity contribution in [3.05, 3.63) is 52.8 Å². The number of nitrogens with zero attached hydrogens (tertiary/aromatic N) is 2. The maximum Gasteiger partial charge on any atom is 0.228 e. The van der Waals surface area contributed by atoms with Gasteiger partial charge >= 0.3 is 0 Å². The second-order valence-electron chi connectivity index (χ2n) is 7.82. The molecule has 2 aromatic carbocycles. The molecule has 0 spiro atoms. The van der Waals surface area contributed by atoms with Gasteiger partial charge in [0.05, 0.1) is 20.1 Å². The first kappa shape index (κ1) is 20.2. The molecule has 0 N–H and O–H groups in total. The molecule has 1 saturated heterocycles. The van der Waals surface area contributed by atoms with E-state index in [0.717, 1.165) is 17.5 Å². The second-order valence-corrected chi connectivity index (χ2v) is 7.82. The van der Waals surface area contributed by atoms with Crippen LogP contribution in [0.4, 0.5) is 10.1 Å². The molecule has 0 aromatic heterocycles. The molecular formula is C23H25FN2O4. The number of carbonyl (C=O) groups is 2. The lowest BCUT2D eigenvalue weighted by molar-refractivity contribution is -0.136. The lowest BCUT2D eigenvalue weighted by atomic mass is 9.97. The molecule has 2 aliphatic rings. The smallest absolute Gasteiger partial charge is 0.228 e. The summed E-state index contributed by atoms with van der Waals surface area (Å²) in [6.45, 7) is 3.01. The van der Waals surface area contributed by atoms with Crippen LogP contribution in [0.15, 0.2) is 30.3 Å². The first-order valence-electron chi connectivity index (χ1n) is 10.0. The van der Waals surface area contributed by atoms with Crippen LogP contribution in [0.1, 0.15) is 23.1 Å². The van der Waals surface area contributed by atoms with Crippen molar-refractivity contribution < 1.29 is 23.5 Å². The van der Waals surface area contributed by atoms with Gasteiger partial charge in [-0.1, -0.05) is 6.07 Å². The van der Waals surface area contributed by atoms with Crippen LogP contribution in [0.25, 0.3) is 0 Å². The van der Waals surface area contributed by atoms with Gasteiger partial charge < -0.3 is 19.3 Å². The number of anilines is 1. The topological polar surface area (TPSA) is 59.1 Å². The highest BCUT2D eigenvalue weighted by molar-refractivity contribution is 6.00. The SMILES string of the molecule is COc1cc2c(cc1OC)CN(C(=O)[C@H]1CC(=O)N(c3ccc(C)c(F)c3)C1)CC2. The molecule has 0 unspecified atom stereocenters. The highest BCUT2D eigenvalue weighted by Crippen LogP contribution is 2.34. The van der Waals surface area contributed by atoms with Gasteiger partial charge in [-0.05, 0) is 54.3 Å². The largest absolute Gasteiger partial charge is 0.493 e. The van der Waals surface area contributed by atoms with Crippen molar-refractivity contribution in [3.8, 4) is 11.5 Å². The van der Waals surface area contributed by atoms with Gasteiger partial charge in [-0.3, -0.25) is 9.59 Å². The van der Waals surface area contributed by atoms with Crippen LogP contribution in [-0.2, 0) is 22.6 Å². The van der Waals surface area contributed by atoms with E-state index in [1.165, 1.54) is 11.0 Å². The Morgan fingerprint density at radius 1 is 1.10 bits per heavy atom. The number of hydrogen-bond donors (Lipinski definition) is 0. The van der Waals surface area contributed by atoms with Gasteiger partial charge in [0.25, 0.3) is 0 Å². The second kappa shape index (κ2) is 7.97. The molecule has 2 heterocycles. The molecule has 2 aromatic rings. The zero-order chi connectivity index (χ0) is 21.4. The Bertz CT molecular complexity index is 1010. The first-order valence-corrected chi connectivity index (χ1v) is 10.0. The van der Waals surface area contributed by atoms with Gasteiger partial charge in [-0.25, -0.2) is 4.39 Å². The van der Waals surface area contributed by atoms with Crippen molar-refractivity contribution in [1.82, 2.24) is 4.90 Å². The van der Waals surface area contributed by atoms with Gasteiger partial charge in [-0.2, -0.15) is 0 Å². The number of carbonyl (C=O) groups excluding carboxylic acids is 2. The summed E-state index contributed by atoms with van der Waals surface area (Å²) < 4.78 is 24.7. The van der Waals surface area contributed by atoms with Crippen LogP contribution in [0.2, 0.25) is 0 Å². The monoisotopic (exact) mass is 412 g/mol. The summed E-state index contributed by atoms with van der Waals surface area (Å²) in [4.78, 5) is 29.0. The molecule has 0 bridgehead atoms.